The van der Waals surface area contributed by atoms with Crippen LogP contribution >= 0.6 is 24.0 Å². The van der Waals surface area contributed by atoms with Gasteiger partial charge in [0.2, 0.25) is 5.89 Å². The zero-order valence-corrected chi connectivity index (χ0v) is 20.2. The number of hydrogen-bond donors (Lipinski definition) is 2. The predicted octanol–water partition coefficient (Wildman–Crippen LogP) is 3.98. The van der Waals surface area contributed by atoms with Crippen molar-refractivity contribution in [2.75, 3.05) is 25.5 Å². The third-order valence-corrected chi connectivity index (χ3v) is 4.33. The van der Waals surface area contributed by atoms with Crippen LogP contribution in [0.4, 0.5) is 5.82 Å². The summed E-state index contributed by atoms with van der Waals surface area (Å²) in [6.45, 7) is 5.92. The average Bonchev–Trinajstić information content (AvgIpc) is 3.20. The second-order valence-electron chi connectivity index (χ2n) is 6.94. The van der Waals surface area contributed by atoms with Crippen LogP contribution in [0.25, 0.3) is 11.5 Å². The van der Waals surface area contributed by atoms with Gasteiger partial charge in [-0.05, 0) is 32.0 Å². The summed E-state index contributed by atoms with van der Waals surface area (Å²) in [5, 5.41) is 6.58. The standard InChI is InChI=1S/C22H28N6O.HI/c1-5-23-22(25-13-18-7-6-12-24-20(18)28(3)4)26-14-19-15-29-21(27-19)17-10-8-16(2)9-11-17;/h6-12,15H,5,13-14H2,1-4H3,(H2,23,25,26);1H. The minimum atomic E-state index is 0. The summed E-state index contributed by atoms with van der Waals surface area (Å²) in [7, 11) is 3.96. The van der Waals surface area contributed by atoms with Gasteiger partial charge in [-0.1, -0.05) is 23.8 Å². The van der Waals surface area contributed by atoms with Crippen LogP contribution in [0, 0.1) is 6.92 Å². The van der Waals surface area contributed by atoms with Gasteiger partial charge >= 0.3 is 0 Å². The zero-order chi connectivity index (χ0) is 20.6. The van der Waals surface area contributed by atoms with E-state index in [1.807, 2.05) is 62.3 Å². The second-order valence-corrected chi connectivity index (χ2v) is 6.94. The van der Waals surface area contributed by atoms with Gasteiger partial charge in [0.05, 0.1) is 18.8 Å². The van der Waals surface area contributed by atoms with E-state index in [0.29, 0.717) is 19.0 Å². The van der Waals surface area contributed by atoms with E-state index in [1.54, 1.807) is 12.5 Å². The Kier molecular flexibility index (Phi) is 9.10. The summed E-state index contributed by atoms with van der Waals surface area (Å²) in [5.41, 5.74) is 4.06. The number of aromatic nitrogens is 2. The monoisotopic (exact) mass is 520 g/mol. The molecule has 2 heterocycles. The number of pyridine rings is 1. The van der Waals surface area contributed by atoms with Gasteiger partial charge in [-0.25, -0.2) is 15.0 Å². The van der Waals surface area contributed by atoms with E-state index >= 15 is 0 Å². The topological polar surface area (TPSA) is 78.6 Å². The number of benzene rings is 1. The van der Waals surface area contributed by atoms with Crippen molar-refractivity contribution in [3.05, 3.63) is 65.7 Å². The molecule has 1 aromatic carbocycles. The fourth-order valence-corrected chi connectivity index (χ4v) is 2.85. The van der Waals surface area contributed by atoms with Crippen molar-refractivity contribution in [1.82, 2.24) is 20.6 Å². The Morgan fingerprint density at radius 1 is 1.13 bits per heavy atom. The lowest BCUT2D eigenvalue weighted by Gasteiger charge is -2.15. The molecule has 2 aromatic heterocycles. The van der Waals surface area contributed by atoms with Crippen molar-refractivity contribution < 1.29 is 4.42 Å². The summed E-state index contributed by atoms with van der Waals surface area (Å²) < 4.78 is 5.63. The molecule has 7 nitrogen and oxygen atoms in total. The van der Waals surface area contributed by atoms with Crippen molar-refractivity contribution in [1.29, 1.82) is 0 Å². The molecule has 0 aliphatic carbocycles. The maximum absolute atomic E-state index is 5.63. The SMILES string of the molecule is CCNC(=NCc1cccnc1N(C)C)NCc1coc(-c2ccc(C)cc2)n1.I. The maximum Gasteiger partial charge on any atom is 0.226 e. The summed E-state index contributed by atoms with van der Waals surface area (Å²) in [6, 6.07) is 12.1. The minimum absolute atomic E-state index is 0. The lowest BCUT2D eigenvalue weighted by Crippen LogP contribution is -2.36. The molecule has 0 radical (unpaired) electrons. The number of aliphatic imine (C=N–C) groups is 1. The molecule has 0 amide bonds. The van der Waals surface area contributed by atoms with Crippen molar-refractivity contribution in [2.45, 2.75) is 26.9 Å². The fourth-order valence-electron chi connectivity index (χ4n) is 2.85. The first kappa shape index (κ1) is 23.7. The summed E-state index contributed by atoms with van der Waals surface area (Å²) >= 11 is 0. The molecule has 3 rings (SSSR count). The highest BCUT2D eigenvalue weighted by molar-refractivity contribution is 14.0. The Bertz CT molecular complexity index is 952. The number of oxazole rings is 1. The average molecular weight is 520 g/mol. The van der Waals surface area contributed by atoms with Gasteiger partial charge in [-0.15, -0.1) is 24.0 Å². The summed E-state index contributed by atoms with van der Waals surface area (Å²) in [5.74, 6) is 2.27. The summed E-state index contributed by atoms with van der Waals surface area (Å²) in [4.78, 5) is 15.7. The van der Waals surface area contributed by atoms with Crippen molar-refractivity contribution >= 4 is 35.8 Å². The smallest absolute Gasteiger partial charge is 0.226 e. The first-order valence-electron chi connectivity index (χ1n) is 9.71. The minimum Gasteiger partial charge on any atom is -0.444 e. The van der Waals surface area contributed by atoms with Crippen LogP contribution in [0.2, 0.25) is 0 Å². The number of halogens is 1. The molecule has 0 unspecified atom stereocenters. The number of aryl methyl sites for hydroxylation is 1. The van der Waals surface area contributed by atoms with Gasteiger partial charge in [-0.3, -0.25) is 0 Å². The highest BCUT2D eigenvalue weighted by Gasteiger charge is 2.08. The van der Waals surface area contributed by atoms with Crippen LogP contribution in [0.5, 0.6) is 0 Å². The van der Waals surface area contributed by atoms with E-state index in [2.05, 4.69) is 32.5 Å². The molecular formula is C22H29IN6O. The highest BCUT2D eigenvalue weighted by atomic mass is 127. The van der Waals surface area contributed by atoms with E-state index in [0.717, 1.165) is 35.1 Å². The van der Waals surface area contributed by atoms with Gasteiger partial charge in [0, 0.05) is 38.0 Å². The van der Waals surface area contributed by atoms with Crippen LogP contribution in [-0.2, 0) is 13.1 Å². The van der Waals surface area contributed by atoms with Gasteiger partial charge in [0.15, 0.2) is 5.96 Å². The molecule has 0 spiro atoms. The van der Waals surface area contributed by atoms with E-state index in [-0.39, 0.29) is 24.0 Å². The number of guanidine groups is 1. The van der Waals surface area contributed by atoms with E-state index in [4.69, 9.17) is 4.42 Å². The molecular weight excluding hydrogens is 491 g/mol. The Balaban J connectivity index is 0.00000320. The quantitative estimate of drug-likeness (QED) is 0.279. The summed E-state index contributed by atoms with van der Waals surface area (Å²) in [6.07, 6.45) is 3.47. The van der Waals surface area contributed by atoms with Gasteiger partial charge in [0.25, 0.3) is 0 Å². The lowest BCUT2D eigenvalue weighted by molar-refractivity contribution is 0.572. The first-order chi connectivity index (χ1) is 14.1. The molecule has 0 saturated heterocycles. The maximum atomic E-state index is 5.63. The third-order valence-electron chi connectivity index (χ3n) is 4.33. The van der Waals surface area contributed by atoms with E-state index < -0.39 is 0 Å². The third kappa shape index (κ3) is 6.45. The number of hydrogen-bond acceptors (Lipinski definition) is 5. The number of nitrogens with zero attached hydrogens (tertiary/aromatic N) is 4. The van der Waals surface area contributed by atoms with E-state index in [9.17, 15) is 0 Å². The molecule has 0 atom stereocenters. The zero-order valence-electron chi connectivity index (χ0n) is 17.8. The normalized spacial score (nSPS) is 11.0. The van der Waals surface area contributed by atoms with Gasteiger partial charge < -0.3 is 20.0 Å². The van der Waals surface area contributed by atoms with Crippen LogP contribution < -0.4 is 15.5 Å². The van der Waals surface area contributed by atoms with Crippen molar-refractivity contribution in [2.24, 2.45) is 4.99 Å². The van der Waals surface area contributed by atoms with Crippen molar-refractivity contribution in [3.8, 4) is 11.5 Å². The number of nitrogens with one attached hydrogen (secondary N) is 2. The Morgan fingerprint density at radius 2 is 1.90 bits per heavy atom. The van der Waals surface area contributed by atoms with Gasteiger partial charge in [0.1, 0.15) is 12.1 Å². The predicted molar refractivity (Wildman–Crippen MR) is 132 cm³/mol. The molecule has 0 saturated carbocycles. The Labute approximate surface area is 195 Å². The molecule has 8 heteroatoms. The first-order valence-corrected chi connectivity index (χ1v) is 9.71. The number of anilines is 1. The van der Waals surface area contributed by atoms with Crippen LogP contribution in [0.15, 0.2) is 58.3 Å². The molecule has 0 fully saturated rings. The lowest BCUT2D eigenvalue weighted by atomic mass is 10.1. The van der Waals surface area contributed by atoms with Crippen LogP contribution in [0.3, 0.4) is 0 Å². The van der Waals surface area contributed by atoms with Crippen LogP contribution in [0.1, 0.15) is 23.7 Å². The van der Waals surface area contributed by atoms with Crippen LogP contribution in [-0.4, -0.2) is 36.6 Å². The fraction of sp³-hybridized carbons (Fsp3) is 0.318. The molecule has 0 bridgehead atoms. The largest absolute Gasteiger partial charge is 0.444 e. The molecule has 2 N–H and O–H groups in total. The van der Waals surface area contributed by atoms with Crippen molar-refractivity contribution in [3.63, 3.8) is 0 Å². The van der Waals surface area contributed by atoms with Gasteiger partial charge in [-0.2, -0.15) is 0 Å². The Morgan fingerprint density at radius 3 is 2.60 bits per heavy atom. The molecule has 0 aliphatic rings. The molecule has 30 heavy (non-hydrogen) atoms. The second kappa shape index (κ2) is 11.5. The number of rotatable bonds is 7. The molecule has 0 aliphatic heterocycles. The van der Waals surface area contributed by atoms with E-state index in [1.165, 1.54) is 5.56 Å². The molecule has 160 valence electrons. The highest BCUT2D eigenvalue weighted by Crippen LogP contribution is 2.19. The molecule has 3 aromatic rings. The Hall–Kier alpha value is -2.62.